The van der Waals surface area contributed by atoms with Crippen molar-refractivity contribution in [3.8, 4) is 0 Å². The number of amides is 1. The number of hydrogen-bond donors (Lipinski definition) is 0. The van der Waals surface area contributed by atoms with Crippen molar-refractivity contribution in [1.29, 1.82) is 0 Å². The minimum atomic E-state index is 0.0123. The molecule has 0 N–H and O–H groups in total. The molecule has 2 aromatic heterocycles. The summed E-state index contributed by atoms with van der Waals surface area (Å²) in [7, 11) is 0. The zero-order valence-electron chi connectivity index (χ0n) is 11.5. The molecule has 1 saturated heterocycles. The van der Waals surface area contributed by atoms with Crippen LogP contribution < -0.4 is 0 Å². The topological polar surface area (TPSA) is 36.4 Å². The van der Waals surface area contributed by atoms with Gasteiger partial charge in [0.05, 0.1) is 0 Å². The van der Waals surface area contributed by atoms with Gasteiger partial charge in [0.2, 0.25) is 0 Å². The van der Waals surface area contributed by atoms with E-state index in [1.54, 1.807) is 17.5 Å². The maximum Gasteiger partial charge on any atom is 0.273 e. The number of hydrogen-bond acceptors (Lipinski definition) is 4. The number of nitrogens with zero attached hydrogens (tertiary/aromatic N) is 3. The average Bonchev–Trinajstić information content (AvgIpc) is 3.01. The highest BCUT2D eigenvalue weighted by Crippen LogP contribution is 2.18. The first-order valence-electron chi connectivity index (χ1n) is 6.88. The summed E-state index contributed by atoms with van der Waals surface area (Å²) in [5, 5.41) is 2.10. The van der Waals surface area contributed by atoms with Crippen LogP contribution in [-0.4, -0.2) is 46.9 Å². The van der Waals surface area contributed by atoms with Gasteiger partial charge in [-0.1, -0.05) is 6.07 Å². The first-order chi connectivity index (χ1) is 10.2. The Kier molecular flexibility index (Phi) is 4.67. The van der Waals surface area contributed by atoms with Crippen molar-refractivity contribution in [2.45, 2.75) is 6.54 Å². The van der Waals surface area contributed by atoms with Crippen molar-refractivity contribution in [2.24, 2.45) is 0 Å². The zero-order valence-corrected chi connectivity index (χ0v) is 13.9. The standard InChI is InChI=1S/C15H16BrN3OS/c16-13-4-1-5-17-14(13)15(20)19-8-6-18(7-9-19)11-12-3-2-10-21-12/h1-5,10H,6-9,11H2. The van der Waals surface area contributed by atoms with Gasteiger partial charge < -0.3 is 4.90 Å². The summed E-state index contributed by atoms with van der Waals surface area (Å²) in [4.78, 5) is 22.3. The maximum atomic E-state index is 12.5. The van der Waals surface area contributed by atoms with Crippen LogP contribution in [-0.2, 0) is 6.54 Å². The van der Waals surface area contributed by atoms with Gasteiger partial charge >= 0.3 is 0 Å². The van der Waals surface area contributed by atoms with Gasteiger partial charge in [-0.15, -0.1) is 11.3 Å². The largest absolute Gasteiger partial charge is 0.335 e. The molecule has 0 bridgehead atoms. The van der Waals surface area contributed by atoms with E-state index in [2.05, 4.69) is 43.3 Å². The smallest absolute Gasteiger partial charge is 0.273 e. The Morgan fingerprint density at radius 3 is 2.71 bits per heavy atom. The summed E-state index contributed by atoms with van der Waals surface area (Å²) in [6.45, 7) is 4.32. The molecule has 1 aliphatic heterocycles. The van der Waals surface area contributed by atoms with E-state index >= 15 is 0 Å². The van der Waals surface area contributed by atoms with Crippen LogP contribution in [0.15, 0.2) is 40.3 Å². The molecule has 0 radical (unpaired) electrons. The van der Waals surface area contributed by atoms with Crippen LogP contribution in [0.1, 0.15) is 15.4 Å². The average molecular weight is 366 g/mol. The molecular weight excluding hydrogens is 350 g/mol. The van der Waals surface area contributed by atoms with Crippen LogP contribution >= 0.6 is 27.3 Å². The van der Waals surface area contributed by atoms with Gasteiger partial charge in [0.25, 0.3) is 5.91 Å². The fourth-order valence-corrected chi connectivity index (χ4v) is 3.60. The van der Waals surface area contributed by atoms with E-state index in [1.807, 2.05) is 17.0 Å². The number of aromatic nitrogens is 1. The number of halogens is 1. The molecule has 0 spiro atoms. The van der Waals surface area contributed by atoms with Crippen LogP contribution in [0.25, 0.3) is 0 Å². The van der Waals surface area contributed by atoms with Gasteiger partial charge in [-0.3, -0.25) is 9.69 Å². The quantitative estimate of drug-likeness (QED) is 0.838. The molecule has 3 heterocycles. The fraction of sp³-hybridized carbons (Fsp3) is 0.333. The van der Waals surface area contributed by atoms with Gasteiger partial charge in [-0.05, 0) is 39.5 Å². The van der Waals surface area contributed by atoms with Crippen LogP contribution in [0.4, 0.5) is 0 Å². The molecule has 1 fully saturated rings. The lowest BCUT2D eigenvalue weighted by molar-refractivity contribution is 0.0623. The lowest BCUT2D eigenvalue weighted by Gasteiger charge is -2.34. The lowest BCUT2D eigenvalue weighted by Crippen LogP contribution is -2.48. The number of carbonyl (C=O) groups is 1. The van der Waals surface area contributed by atoms with Gasteiger partial charge in [0.1, 0.15) is 5.69 Å². The number of carbonyl (C=O) groups excluding carboxylic acids is 1. The summed E-state index contributed by atoms with van der Waals surface area (Å²) >= 11 is 5.18. The molecule has 4 nitrogen and oxygen atoms in total. The molecule has 0 atom stereocenters. The summed E-state index contributed by atoms with van der Waals surface area (Å²) in [6, 6.07) is 7.92. The molecule has 0 saturated carbocycles. The highest BCUT2D eigenvalue weighted by atomic mass is 79.9. The third-order valence-electron chi connectivity index (χ3n) is 3.58. The van der Waals surface area contributed by atoms with Crippen LogP contribution in [0.5, 0.6) is 0 Å². The highest BCUT2D eigenvalue weighted by molar-refractivity contribution is 9.10. The second-order valence-corrected chi connectivity index (χ2v) is 6.87. The Hall–Kier alpha value is -1.24. The van der Waals surface area contributed by atoms with Crippen molar-refractivity contribution >= 4 is 33.2 Å². The van der Waals surface area contributed by atoms with E-state index in [4.69, 9.17) is 0 Å². The van der Waals surface area contributed by atoms with Gasteiger partial charge in [0.15, 0.2) is 0 Å². The second-order valence-electron chi connectivity index (χ2n) is 4.98. The van der Waals surface area contributed by atoms with E-state index in [1.165, 1.54) is 4.88 Å². The van der Waals surface area contributed by atoms with E-state index in [-0.39, 0.29) is 5.91 Å². The number of thiophene rings is 1. The third kappa shape index (κ3) is 3.51. The Morgan fingerprint density at radius 1 is 1.24 bits per heavy atom. The summed E-state index contributed by atoms with van der Waals surface area (Å²) in [6.07, 6.45) is 1.66. The van der Waals surface area contributed by atoms with Gasteiger partial charge in [-0.25, -0.2) is 4.98 Å². The van der Waals surface area contributed by atoms with Crippen molar-refractivity contribution in [2.75, 3.05) is 26.2 Å². The first-order valence-corrected chi connectivity index (χ1v) is 8.56. The summed E-state index contributed by atoms with van der Waals surface area (Å²) < 4.78 is 0.760. The molecular formula is C15H16BrN3OS. The van der Waals surface area contributed by atoms with Crippen molar-refractivity contribution in [1.82, 2.24) is 14.8 Å². The van der Waals surface area contributed by atoms with E-state index in [9.17, 15) is 4.79 Å². The Balaban J connectivity index is 1.58. The van der Waals surface area contributed by atoms with Crippen LogP contribution in [0, 0.1) is 0 Å². The van der Waals surface area contributed by atoms with Crippen LogP contribution in [0.2, 0.25) is 0 Å². The molecule has 0 aliphatic carbocycles. The first kappa shape index (κ1) is 14.7. The van der Waals surface area contributed by atoms with Crippen molar-refractivity contribution in [3.05, 3.63) is 50.9 Å². The third-order valence-corrected chi connectivity index (χ3v) is 5.08. The van der Waals surface area contributed by atoms with Crippen molar-refractivity contribution in [3.63, 3.8) is 0 Å². The molecule has 6 heteroatoms. The van der Waals surface area contributed by atoms with Crippen molar-refractivity contribution < 1.29 is 4.79 Å². The zero-order chi connectivity index (χ0) is 14.7. The molecule has 1 amide bonds. The monoisotopic (exact) mass is 365 g/mol. The summed E-state index contributed by atoms with van der Waals surface area (Å²) in [5.74, 6) is 0.0123. The minimum Gasteiger partial charge on any atom is -0.335 e. The molecule has 1 aliphatic rings. The lowest BCUT2D eigenvalue weighted by atomic mass is 10.2. The van der Waals surface area contributed by atoms with E-state index in [0.717, 1.165) is 37.2 Å². The van der Waals surface area contributed by atoms with Gasteiger partial charge in [-0.2, -0.15) is 0 Å². The van der Waals surface area contributed by atoms with Gasteiger partial charge in [0, 0.05) is 48.3 Å². The van der Waals surface area contributed by atoms with E-state index in [0.29, 0.717) is 5.69 Å². The molecule has 0 aromatic carbocycles. The Morgan fingerprint density at radius 2 is 2.05 bits per heavy atom. The fourth-order valence-electron chi connectivity index (χ4n) is 2.42. The number of rotatable bonds is 3. The molecule has 3 rings (SSSR count). The van der Waals surface area contributed by atoms with Crippen LogP contribution in [0.3, 0.4) is 0 Å². The molecule has 21 heavy (non-hydrogen) atoms. The second kappa shape index (κ2) is 6.68. The Bertz CT molecular complexity index is 609. The molecule has 0 unspecified atom stereocenters. The number of pyridine rings is 1. The normalized spacial score (nSPS) is 16.1. The predicted molar refractivity (Wildman–Crippen MR) is 87.4 cm³/mol. The summed E-state index contributed by atoms with van der Waals surface area (Å²) in [5.41, 5.74) is 0.504. The van der Waals surface area contributed by atoms with E-state index < -0.39 is 0 Å². The predicted octanol–water partition coefficient (Wildman–Crippen LogP) is 2.86. The minimum absolute atomic E-state index is 0.0123. The highest BCUT2D eigenvalue weighted by Gasteiger charge is 2.24. The Labute approximate surface area is 136 Å². The SMILES string of the molecule is O=C(c1ncccc1Br)N1CCN(Cc2cccs2)CC1. The molecule has 2 aromatic rings. The number of piperazine rings is 1. The maximum absolute atomic E-state index is 12.5. The molecule has 110 valence electrons.